The first-order chi connectivity index (χ1) is 5.57. The van der Waals surface area contributed by atoms with E-state index < -0.39 is 11.5 Å². The lowest BCUT2D eigenvalue weighted by molar-refractivity contribution is 0.111. The van der Waals surface area contributed by atoms with E-state index in [2.05, 4.69) is 0 Å². The number of hydrogen-bond acceptors (Lipinski definition) is 4. The third-order valence-electron chi connectivity index (χ3n) is 1.68. The van der Waals surface area contributed by atoms with E-state index in [4.69, 9.17) is 15.3 Å². The number of benzene rings is 1. The van der Waals surface area contributed by atoms with Crippen LogP contribution in [0.4, 0.5) is 0 Å². The zero-order valence-electron chi connectivity index (χ0n) is 6.40. The summed E-state index contributed by atoms with van der Waals surface area (Å²) < 4.78 is 0. The van der Waals surface area contributed by atoms with Gasteiger partial charge >= 0.3 is 0 Å². The Kier molecular flexibility index (Phi) is 1.91. The first-order valence-electron chi connectivity index (χ1n) is 3.27. The van der Waals surface area contributed by atoms with Crippen molar-refractivity contribution in [3.8, 4) is 17.2 Å². The van der Waals surface area contributed by atoms with Crippen molar-refractivity contribution < 1.29 is 20.1 Å². The summed E-state index contributed by atoms with van der Waals surface area (Å²) in [5.41, 5.74) is 0.160. The maximum Gasteiger partial charge on any atom is 0.168 e. The van der Waals surface area contributed by atoms with Crippen LogP contribution in [0.2, 0.25) is 0 Å². The Morgan fingerprint density at radius 1 is 1.25 bits per heavy atom. The minimum atomic E-state index is -0.500. The summed E-state index contributed by atoms with van der Waals surface area (Å²) in [5, 5.41) is 27.2. The molecule has 3 N–H and O–H groups in total. The van der Waals surface area contributed by atoms with Crippen molar-refractivity contribution in [1.29, 1.82) is 0 Å². The van der Waals surface area contributed by atoms with Gasteiger partial charge in [-0.25, -0.2) is 0 Å². The molecule has 1 aromatic carbocycles. The molecule has 1 aromatic rings. The van der Waals surface area contributed by atoms with Gasteiger partial charge in [-0.3, -0.25) is 4.79 Å². The summed E-state index contributed by atoms with van der Waals surface area (Å²) in [6.07, 6.45) is 0.379. The standard InChI is InChI=1S/C8H8O4/c1-4-5(3-9)8(12)7(11)2-6(4)10/h2-3,10-12H,1H3. The van der Waals surface area contributed by atoms with Crippen molar-refractivity contribution in [2.24, 2.45) is 0 Å². The minimum absolute atomic E-state index is 0.0903. The number of rotatable bonds is 1. The average molecular weight is 168 g/mol. The molecule has 0 saturated carbocycles. The van der Waals surface area contributed by atoms with Gasteiger partial charge in [0, 0.05) is 11.6 Å². The first-order valence-corrected chi connectivity index (χ1v) is 3.27. The molecular formula is C8H8O4. The lowest BCUT2D eigenvalue weighted by Crippen LogP contribution is -1.88. The van der Waals surface area contributed by atoms with Gasteiger partial charge in [-0.15, -0.1) is 0 Å². The second-order valence-corrected chi connectivity index (χ2v) is 2.42. The number of phenolic OH excluding ortho intramolecular Hbond substituents is 3. The van der Waals surface area contributed by atoms with Crippen LogP contribution in [0.1, 0.15) is 15.9 Å². The van der Waals surface area contributed by atoms with Crippen LogP contribution < -0.4 is 0 Å². The summed E-state index contributed by atoms with van der Waals surface area (Å²) in [4.78, 5) is 10.4. The van der Waals surface area contributed by atoms with E-state index in [1.165, 1.54) is 6.92 Å². The Labute approximate surface area is 68.7 Å². The fraction of sp³-hybridized carbons (Fsp3) is 0.125. The van der Waals surface area contributed by atoms with Gasteiger partial charge in [0.15, 0.2) is 17.8 Å². The molecule has 0 atom stereocenters. The van der Waals surface area contributed by atoms with Crippen molar-refractivity contribution >= 4 is 6.29 Å². The van der Waals surface area contributed by atoms with Crippen LogP contribution in [0, 0.1) is 6.92 Å². The molecule has 0 radical (unpaired) electrons. The summed E-state index contributed by atoms with van der Waals surface area (Å²) in [6, 6.07) is 0.984. The van der Waals surface area contributed by atoms with Crippen LogP contribution in [0.15, 0.2) is 6.07 Å². The highest BCUT2D eigenvalue weighted by atomic mass is 16.3. The molecule has 0 amide bonds. The Balaban J connectivity index is 3.52. The molecule has 0 aromatic heterocycles. The monoisotopic (exact) mass is 168 g/mol. The molecule has 0 aliphatic heterocycles. The number of carbonyl (C=O) groups is 1. The average Bonchev–Trinajstić information content (AvgIpc) is 2.02. The second kappa shape index (κ2) is 2.73. The predicted octanol–water partition coefficient (Wildman–Crippen LogP) is 0.924. The zero-order valence-corrected chi connectivity index (χ0v) is 6.40. The highest BCUT2D eigenvalue weighted by molar-refractivity contribution is 5.84. The van der Waals surface area contributed by atoms with E-state index in [0.29, 0.717) is 6.29 Å². The quantitative estimate of drug-likeness (QED) is 0.331. The van der Waals surface area contributed by atoms with E-state index in [9.17, 15) is 4.79 Å². The summed E-state index contributed by atoms with van der Waals surface area (Å²) in [7, 11) is 0. The molecule has 0 spiro atoms. The maximum atomic E-state index is 10.4. The van der Waals surface area contributed by atoms with Crippen LogP contribution in [0.5, 0.6) is 17.2 Å². The van der Waals surface area contributed by atoms with Gasteiger partial charge in [-0.2, -0.15) is 0 Å². The SMILES string of the molecule is Cc1c(O)cc(O)c(O)c1C=O. The summed E-state index contributed by atoms with van der Waals surface area (Å²) in [5.74, 6) is -1.21. The van der Waals surface area contributed by atoms with Crippen molar-refractivity contribution in [2.75, 3.05) is 0 Å². The highest BCUT2D eigenvalue weighted by Crippen LogP contribution is 2.35. The van der Waals surface area contributed by atoms with Crippen molar-refractivity contribution in [2.45, 2.75) is 6.92 Å². The molecule has 64 valence electrons. The molecule has 0 unspecified atom stereocenters. The molecule has 0 aliphatic rings. The molecule has 4 nitrogen and oxygen atoms in total. The fourth-order valence-electron chi connectivity index (χ4n) is 0.904. The Morgan fingerprint density at radius 2 is 1.83 bits per heavy atom. The minimum Gasteiger partial charge on any atom is -0.508 e. The van der Waals surface area contributed by atoms with E-state index in [-0.39, 0.29) is 16.9 Å². The van der Waals surface area contributed by atoms with Crippen LogP contribution in [0.25, 0.3) is 0 Å². The third kappa shape index (κ3) is 1.07. The normalized spacial score (nSPS) is 9.75. The number of aldehydes is 1. The van der Waals surface area contributed by atoms with Gasteiger partial charge < -0.3 is 15.3 Å². The Hall–Kier alpha value is -1.71. The molecule has 0 heterocycles. The topological polar surface area (TPSA) is 77.8 Å². The van der Waals surface area contributed by atoms with Crippen LogP contribution in [-0.4, -0.2) is 21.6 Å². The fourth-order valence-corrected chi connectivity index (χ4v) is 0.904. The predicted molar refractivity (Wildman–Crippen MR) is 41.6 cm³/mol. The molecule has 0 bridgehead atoms. The molecule has 0 fully saturated rings. The molecule has 1 rings (SSSR count). The van der Waals surface area contributed by atoms with Crippen molar-refractivity contribution in [3.05, 3.63) is 17.2 Å². The largest absolute Gasteiger partial charge is 0.508 e. The Morgan fingerprint density at radius 3 is 2.33 bits per heavy atom. The van der Waals surface area contributed by atoms with E-state index in [1.807, 2.05) is 0 Å². The molecular weight excluding hydrogens is 160 g/mol. The van der Waals surface area contributed by atoms with Crippen LogP contribution >= 0.6 is 0 Å². The lowest BCUT2D eigenvalue weighted by Gasteiger charge is -2.05. The number of carbonyl (C=O) groups excluding carboxylic acids is 1. The first kappa shape index (κ1) is 8.39. The van der Waals surface area contributed by atoms with E-state index in [0.717, 1.165) is 6.07 Å². The molecule has 0 aliphatic carbocycles. The molecule has 12 heavy (non-hydrogen) atoms. The second-order valence-electron chi connectivity index (χ2n) is 2.42. The summed E-state index contributed by atoms with van der Waals surface area (Å²) in [6.45, 7) is 1.47. The van der Waals surface area contributed by atoms with Crippen LogP contribution in [-0.2, 0) is 0 Å². The highest BCUT2D eigenvalue weighted by Gasteiger charge is 2.12. The van der Waals surface area contributed by atoms with Crippen molar-refractivity contribution in [1.82, 2.24) is 0 Å². The lowest BCUT2D eigenvalue weighted by atomic mass is 10.1. The summed E-state index contributed by atoms with van der Waals surface area (Å²) >= 11 is 0. The molecule has 4 heteroatoms. The zero-order chi connectivity index (χ0) is 9.30. The van der Waals surface area contributed by atoms with Crippen LogP contribution in [0.3, 0.4) is 0 Å². The number of hydrogen-bond donors (Lipinski definition) is 3. The number of phenols is 3. The van der Waals surface area contributed by atoms with Gasteiger partial charge in [0.1, 0.15) is 5.75 Å². The van der Waals surface area contributed by atoms with Gasteiger partial charge in [0.05, 0.1) is 5.56 Å². The van der Waals surface area contributed by atoms with Gasteiger partial charge in [0.25, 0.3) is 0 Å². The van der Waals surface area contributed by atoms with Crippen molar-refractivity contribution in [3.63, 3.8) is 0 Å². The maximum absolute atomic E-state index is 10.4. The number of aromatic hydroxyl groups is 3. The Bertz CT molecular complexity index is 304. The van der Waals surface area contributed by atoms with E-state index >= 15 is 0 Å². The molecule has 0 saturated heterocycles. The van der Waals surface area contributed by atoms with Gasteiger partial charge in [-0.1, -0.05) is 0 Å². The van der Waals surface area contributed by atoms with Gasteiger partial charge in [0.2, 0.25) is 0 Å². The third-order valence-corrected chi connectivity index (χ3v) is 1.68. The smallest absolute Gasteiger partial charge is 0.168 e. The van der Waals surface area contributed by atoms with E-state index in [1.54, 1.807) is 0 Å². The van der Waals surface area contributed by atoms with Gasteiger partial charge in [-0.05, 0) is 6.92 Å².